The van der Waals surface area contributed by atoms with Crippen LogP contribution in [0, 0.1) is 6.92 Å². The van der Waals surface area contributed by atoms with Crippen LogP contribution in [0.15, 0.2) is 39.5 Å². The number of phenolic OH excluding ortho intramolecular Hbond substituents is 1. The highest BCUT2D eigenvalue weighted by Crippen LogP contribution is 2.41. The van der Waals surface area contributed by atoms with E-state index in [0.29, 0.717) is 34.5 Å². The predicted molar refractivity (Wildman–Crippen MR) is 110 cm³/mol. The number of benzene rings is 2. The predicted octanol–water partition coefficient (Wildman–Crippen LogP) is 4.42. The highest BCUT2D eigenvalue weighted by molar-refractivity contribution is 6.32. The average molecular weight is 414 g/mol. The van der Waals surface area contributed by atoms with Crippen LogP contribution in [0.2, 0.25) is 5.02 Å². The third kappa shape index (κ3) is 2.95. The molecule has 2 aromatic carbocycles. The van der Waals surface area contributed by atoms with Crippen LogP contribution in [0.25, 0.3) is 11.0 Å². The largest absolute Gasteiger partial charge is 0.504 e. The van der Waals surface area contributed by atoms with E-state index in [9.17, 15) is 14.7 Å². The maximum atomic E-state index is 13.4. The summed E-state index contributed by atoms with van der Waals surface area (Å²) in [5.74, 6) is -0.0282. The SMILES string of the molecule is CCCN1C(=O)c2oc3cc(C)c(Cl)cc3c(=O)c2[C@@H]1c1ccc(O)c(OC)c1. The van der Waals surface area contributed by atoms with Gasteiger partial charge in [-0.15, -0.1) is 0 Å². The van der Waals surface area contributed by atoms with Crippen molar-refractivity contribution < 1.29 is 19.1 Å². The number of hydrogen-bond acceptors (Lipinski definition) is 5. The number of carbonyl (C=O) groups excluding carboxylic acids is 1. The van der Waals surface area contributed by atoms with E-state index in [4.69, 9.17) is 20.8 Å². The fourth-order valence-corrected chi connectivity index (χ4v) is 3.99. The minimum Gasteiger partial charge on any atom is -0.504 e. The molecule has 1 aliphatic rings. The highest BCUT2D eigenvalue weighted by Gasteiger charge is 2.42. The average Bonchev–Trinajstić information content (AvgIpc) is 2.97. The van der Waals surface area contributed by atoms with Gasteiger partial charge in [0.25, 0.3) is 5.91 Å². The molecule has 0 fully saturated rings. The summed E-state index contributed by atoms with van der Waals surface area (Å²) in [6.07, 6.45) is 0.712. The fourth-order valence-electron chi connectivity index (χ4n) is 3.82. The van der Waals surface area contributed by atoms with Crippen molar-refractivity contribution in [2.75, 3.05) is 13.7 Å². The molecular formula is C22H20ClNO5. The van der Waals surface area contributed by atoms with Crippen molar-refractivity contribution >= 4 is 28.5 Å². The number of ether oxygens (including phenoxy) is 1. The number of halogens is 1. The zero-order chi connectivity index (χ0) is 20.9. The summed E-state index contributed by atoms with van der Waals surface area (Å²) in [4.78, 5) is 28.2. The molecule has 0 unspecified atom stereocenters. The molecule has 0 bridgehead atoms. The van der Waals surface area contributed by atoms with Crippen molar-refractivity contribution in [3.63, 3.8) is 0 Å². The van der Waals surface area contributed by atoms with Gasteiger partial charge in [-0.25, -0.2) is 0 Å². The first-order chi connectivity index (χ1) is 13.9. The third-order valence-corrected chi connectivity index (χ3v) is 5.64. The molecule has 1 N–H and O–H groups in total. The lowest BCUT2D eigenvalue weighted by molar-refractivity contribution is 0.0728. The zero-order valence-electron chi connectivity index (χ0n) is 16.3. The molecule has 4 rings (SSSR count). The minimum atomic E-state index is -0.632. The van der Waals surface area contributed by atoms with Crippen LogP contribution in [-0.4, -0.2) is 29.6 Å². The minimum absolute atomic E-state index is 0.0179. The van der Waals surface area contributed by atoms with Gasteiger partial charge in [-0.2, -0.15) is 0 Å². The molecule has 2 heterocycles. The van der Waals surface area contributed by atoms with E-state index in [1.54, 1.807) is 29.2 Å². The van der Waals surface area contributed by atoms with Crippen molar-refractivity contribution in [3.8, 4) is 11.5 Å². The molecular weight excluding hydrogens is 394 g/mol. The maximum absolute atomic E-state index is 13.4. The van der Waals surface area contributed by atoms with Gasteiger partial charge >= 0.3 is 0 Å². The molecule has 150 valence electrons. The number of aryl methyl sites for hydroxylation is 1. The molecule has 0 aliphatic carbocycles. The standard InChI is InChI=1S/C22H20ClNO5/c1-4-7-24-19(12-5-6-15(25)17(9-12)28-3)18-20(26)13-10-14(23)11(2)8-16(13)29-21(18)22(24)27/h5-6,8-10,19,25H,4,7H2,1-3H3/t19-/m0/s1. The fraction of sp³-hybridized carbons (Fsp3) is 0.273. The Hall–Kier alpha value is -2.99. The summed E-state index contributed by atoms with van der Waals surface area (Å²) < 4.78 is 11.1. The first-order valence-corrected chi connectivity index (χ1v) is 9.69. The first-order valence-electron chi connectivity index (χ1n) is 9.32. The first kappa shape index (κ1) is 19.3. The van der Waals surface area contributed by atoms with Crippen LogP contribution in [0.3, 0.4) is 0 Å². The van der Waals surface area contributed by atoms with Crippen LogP contribution >= 0.6 is 11.6 Å². The van der Waals surface area contributed by atoms with Gasteiger partial charge in [-0.1, -0.05) is 24.6 Å². The van der Waals surface area contributed by atoms with Gasteiger partial charge in [0.2, 0.25) is 5.76 Å². The van der Waals surface area contributed by atoms with E-state index in [2.05, 4.69) is 0 Å². The molecule has 0 saturated heterocycles. The summed E-state index contributed by atoms with van der Waals surface area (Å²) in [5, 5.41) is 10.7. The van der Waals surface area contributed by atoms with Crippen LogP contribution in [0.5, 0.6) is 11.5 Å². The number of aromatic hydroxyl groups is 1. The summed E-state index contributed by atoms with van der Waals surface area (Å²) in [6.45, 7) is 4.22. The van der Waals surface area contributed by atoms with Crippen LogP contribution in [-0.2, 0) is 0 Å². The van der Waals surface area contributed by atoms with Gasteiger partial charge in [0, 0.05) is 11.6 Å². The van der Waals surface area contributed by atoms with E-state index >= 15 is 0 Å². The number of fused-ring (bicyclic) bond motifs is 2. The lowest BCUT2D eigenvalue weighted by atomic mass is 9.97. The number of rotatable bonds is 4. The number of hydrogen-bond donors (Lipinski definition) is 1. The van der Waals surface area contributed by atoms with Crippen molar-refractivity contribution in [1.82, 2.24) is 4.90 Å². The van der Waals surface area contributed by atoms with Crippen molar-refractivity contribution in [2.24, 2.45) is 0 Å². The molecule has 7 heteroatoms. The molecule has 1 atom stereocenters. The topological polar surface area (TPSA) is 80.0 Å². The van der Waals surface area contributed by atoms with Gasteiger partial charge in [-0.05, 0) is 48.7 Å². The second kappa shape index (κ2) is 7.12. The van der Waals surface area contributed by atoms with Crippen molar-refractivity contribution in [2.45, 2.75) is 26.3 Å². The Morgan fingerprint density at radius 1 is 1.24 bits per heavy atom. The maximum Gasteiger partial charge on any atom is 0.290 e. The molecule has 1 aromatic heterocycles. The Balaban J connectivity index is 2.02. The Bertz CT molecular complexity index is 1200. The highest BCUT2D eigenvalue weighted by atomic mass is 35.5. The zero-order valence-corrected chi connectivity index (χ0v) is 17.0. The normalized spacial score (nSPS) is 15.8. The Labute approximate surface area is 172 Å². The summed E-state index contributed by atoms with van der Waals surface area (Å²) in [5.41, 5.74) is 1.75. The monoisotopic (exact) mass is 413 g/mol. The smallest absolute Gasteiger partial charge is 0.290 e. The number of amides is 1. The van der Waals surface area contributed by atoms with Gasteiger partial charge in [0.15, 0.2) is 16.9 Å². The van der Waals surface area contributed by atoms with Gasteiger partial charge in [-0.3, -0.25) is 9.59 Å². The van der Waals surface area contributed by atoms with Gasteiger partial charge in [0.05, 0.1) is 24.1 Å². The Morgan fingerprint density at radius 3 is 2.69 bits per heavy atom. The molecule has 0 spiro atoms. The van der Waals surface area contributed by atoms with Crippen LogP contribution < -0.4 is 10.2 Å². The van der Waals surface area contributed by atoms with Gasteiger partial charge < -0.3 is 19.2 Å². The number of carbonyl (C=O) groups is 1. The molecule has 1 aliphatic heterocycles. The van der Waals surface area contributed by atoms with E-state index in [-0.39, 0.29) is 34.2 Å². The van der Waals surface area contributed by atoms with E-state index in [1.165, 1.54) is 13.2 Å². The van der Waals surface area contributed by atoms with Crippen molar-refractivity contribution in [3.05, 3.63) is 68.0 Å². The molecule has 3 aromatic rings. The lowest BCUT2D eigenvalue weighted by Gasteiger charge is -2.25. The van der Waals surface area contributed by atoms with Crippen molar-refractivity contribution in [1.29, 1.82) is 0 Å². The van der Waals surface area contributed by atoms with E-state index in [1.807, 2.05) is 13.8 Å². The summed E-state index contributed by atoms with van der Waals surface area (Å²) >= 11 is 6.23. The number of methoxy groups -OCH3 is 1. The summed E-state index contributed by atoms with van der Waals surface area (Å²) in [7, 11) is 1.45. The number of nitrogens with zero attached hydrogens (tertiary/aromatic N) is 1. The molecule has 6 nitrogen and oxygen atoms in total. The van der Waals surface area contributed by atoms with Crippen LogP contribution in [0.1, 0.15) is 46.6 Å². The lowest BCUT2D eigenvalue weighted by Crippen LogP contribution is -2.30. The molecule has 1 amide bonds. The van der Waals surface area contributed by atoms with Gasteiger partial charge in [0.1, 0.15) is 5.58 Å². The molecule has 29 heavy (non-hydrogen) atoms. The Morgan fingerprint density at radius 2 is 2.00 bits per heavy atom. The van der Waals surface area contributed by atoms with E-state index < -0.39 is 6.04 Å². The third-order valence-electron chi connectivity index (χ3n) is 5.23. The van der Waals surface area contributed by atoms with E-state index in [0.717, 1.165) is 5.56 Å². The Kier molecular flexibility index (Phi) is 4.74. The second-order valence-corrected chi connectivity index (χ2v) is 7.51. The second-order valence-electron chi connectivity index (χ2n) is 7.10. The quantitative estimate of drug-likeness (QED) is 0.684. The summed E-state index contributed by atoms with van der Waals surface area (Å²) in [6, 6.07) is 7.43. The molecule has 0 radical (unpaired) electrons. The molecule has 0 saturated carbocycles. The number of phenols is 1. The van der Waals surface area contributed by atoms with Crippen LogP contribution in [0.4, 0.5) is 0 Å².